The number of esters is 1. The molecule has 0 fully saturated rings. The van der Waals surface area contributed by atoms with Gasteiger partial charge in [-0.15, -0.1) is 11.3 Å². The van der Waals surface area contributed by atoms with Crippen LogP contribution in [-0.2, 0) is 11.2 Å². The van der Waals surface area contributed by atoms with Crippen molar-refractivity contribution in [3.8, 4) is 0 Å². The van der Waals surface area contributed by atoms with Crippen molar-refractivity contribution in [2.75, 3.05) is 25.1 Å². The molecule has 1 unspecified atom stereocenters. The summed E-state index contributed by atoms with van der Waals surface area (Å²) in [7, 11) is 1.28. The van der Waals surface area contributed by atoms with Crippen LogP contribution in [0.25, 0.3) is 0 Å². The number of thiophene rings is 1. The Morgan fingerprint density at radius 2 is 2.37 bits per heavy atom. The van der Waals surface area contributed by atoms with Gasteiger partial charge in [-0.1, -0.05) is 0 Å². The van der Waals surface area contributed by atoms with E-state index in [0.717, 1.165) is 11.3 Å². The molecule has 1 aliphatic heterocycles. The lowest BCUT2D eigenvalue weighted by atomic mass is 10.0. The second kappa shape index (κ2) is 5.05. The lowest BCUT2D eigenvalue weighted by molar-refractivity contribution is 0.00520. The molecule has 0 saturated carbocycles. The third-order valence-corrected chi connectivity index (χ3v) is 3.90. The van der Waals surface area contributed by atoms with E-state index < -0.39 is 18.4 Å². The molecular weight excluding hydrogens is 274 g/mol. The summed E-state index contributed by atoms with van der Waals surface area (Å²) in [6.45, 7) is 1.61. The van der Waals surface area contributed by atoms with Gasteiger partial charge in [-0.05, 0) is 17.9 Å². The Morgan fingerprint density at radius 1 is 1.68 bits per heavy atom. The standard InChI is InChI=1S/C12H16F2N2O2S/c1-7(15)4-16-6-12(13,14)3-8-5-19-10(9(8)16)11(17)18-2/h5,7H,3-4,6,15H2,1-2H3. The van der Waals surface area contributed by atoms with E-state index in [1.54, 1.807) is 12.3 Å². The molecule has 0 saturated heterocycles. The smallest absolute Gasteiger partial charge is 0.350 e. The van der Waals surface area contributed by atoms with Crippen LogP contribution in [-0.4, -0.2) is 38.1 Å². The quantitative estimate of drug-likeness (QED) is 0.864. The van der Waals surface area contributed by atoms with E-state index in [4.69, 9.17) is 10.5 Å². The Balaban J connectivity index is 2.42. The van der Waals surface area contributed by atoms with Crippen LogP contribution in [0.15, 0.2) is 5.38 Å². The van der Waals surface area contributed by atoms with Gasteiger partial charge < -0.3 is 15.4 Å². The maximum Gasteiger partial charge on any atom is 0.350 e. The number of anilines is 1. The molecule has 0 aromatic carbocycles. The SMILES string of the molecule is COC(=O)c1scc2c1N(CC(C)N)CC(F)(F)C2. The van der Waals surface area contributed by atoms with Gasteiger partial charge in [0.1, 0.15) is 4.88 Å². The van der Waals surface area contributed by atoms with Crippen molar-refractivity contribution in [1.29, 1.82) is 0 Å². The normalized spacial score (nSPS) is 18.9. The van der Waals surface area contributed by atoms with Gasteiger partial charge >= 0.3 is 5.97 Å². The van der Waals surface area contributed by atoms with Gasteiger partial charge in [0.25, 0.3) is 5.92 Å². The predicted octanol–water partition coefficient (Wildman–Crippen LogP) is 1.88. The molecule has 1 aromatic heterocycles. The summed E-state index contributed by atoms with van der Waals surface area (Å²) in [5.41, 5.74) is 6.74. The molecule has 4 nitrogen and oxygen atoms in total. The maximum atomic E-state index is 13.7. The van der Waals surface area contributed by atoms with E-state index in [2.05, 4.69) is 0 Å². The van der Waals surface area contributed by atoms with Gasteiger partial charge in [0.15, 0.2) is 0 Å². The number of alkyl halides is 2. The molecule has 1 atom stereocenters. The minimum absolute atomic E-state index is 0.257. The molecule has 0 radical (unpaired) electrons. The van der Waals surface area contributed by atoms with Gasteiger partial charge in [-0.3, -0.25) is 0 Å². The number of ether oxygens (including phenoxy) is 1. The number of halogens is 2. The first-order chi connectivity index (χ1) is 8.84. The highest BCUT2D eigenvalue weighted by molar-refractivity contribution is 7.12. The number of nitrogens with zero attached hydrogens (tertiary/aromatic N) is 1. The Morgan fingerprint density at radius 3 is 2.95 bits per heavy atom. The molecule has 2 N–H and O–H groups in total. The van der Waals surface area contributed by atoms with E-state index in [-0.39, 0.29) is 19.0 Å². The van der Waals surface area contributed by atoms with Crippen molar-refractivity contribution in [3.63, 3.8) is 0 Å². The van der Waals surface area contributed by atoms with Crippen molar-refractivity contribution in [1.82, 2.24) is 0 Å². The van der Waals surface area contributed by atoms with E-state index in [1.165, 1.54) is 12.0 Å². The lowest BCUT2D eigenvalue weighted by Gasteiger charge is -2.35. The molecule has 2 heterocycles. The van der Waals surface area contributed by atoms with E-state index in [1.807, 2.05) is 0 Å². The Bertz CT molecular complexity index is 488. The average Bonchev–Trinajstić information content (AvgIpc) is 2.69. The van der Waals surface area contributed by atoms with E-state index in [9.17, 15) is 13.6 Å². The van der Waals surface area contributed by atoms with Crippen LogP contribution in [0.3, 0.4) is 0 Å². The first kappa shape index (κ1) is 14.2. The molecule has 106 valence electrons. The third-order valence-electron chi connectivity index (χ3n) is 2.90. The average molecular weight is 290 g/mol. The molecule has 19 heavy (non-hydrogen) atoms. The number of carbonyl (C=O) groups is 1. The minimum atomic E-state index is -2.80. The van der Waals surface area contributed by atoms with Crippen LogP contribution >= 0.6 is 11.3 Å². The highest BCUT2D eigenvalue weighted by atomic mass is 32.1. The first-order valence-corrected chi connectivity index (χ1v) is 6.79. The zero-order valence-electron chi connectivity index (χ0n) is 10.8. The third kappa shape index (κ3) is 2.87. The number of rotatable bonds is 3. The summed E-state index contributed by atoms with van der Waals surface area (Å²) in [5, 5.41) is 1.60. The Hall–Kier alpha value is -1.21. The maximum absolute atomic E-state index is 13.7. The molecule has 1 aromatic rings. The highest BCUT2D eigenvalue weighted by Crippen LogP contribution is 2.40. The number of carbonyl (C=O) groups excluding carboxylic acids is 1. The lowest BCUT2D eigenvalue weighted by Crippen LogP contribution is -2.47. The van der Waals surface area contributed by atoms with Crippen LogP contribution in [0.1, 0.15) is 22.2 Å². The fourth-order valence-corrected chi connectivity index (χ4v) is 3.30. The topological polar surface area (TPSA) is 55.6 Å². The van der Waals surface area contributed by atoms with Crippen molar-refractivity contribution >= 4 is 23.0 Å². The summed E-state index contributed by atoms with van der Waals surface area (Å²) < 4.78 is 32.1. The molecule has 0 amide bonds. The molecule has 7 heteroatoms. The summed E-state index contributed by atoms with van der Waals surface area (Å²) >= 11 is 1.14. The predicted molar refractivity (Wildman–Crippen MR) is 70.2 cm³/mol. The summed E-state index contributed by atoms with van der Waals surface area (Å²) in [6, 6.07) is -0.257. The van der Waals surface area contributed by atoms with Gasteiger partial charge in [-0.2, -0.15) is 0 Å². The number of hydrogen-bond acceptors (Lipinski definition) is 5. The van der Waals surface area contributed by atoms with Crippen LogP contribution in [0.5, 0.6) is 0 Å². The number of nitrogens with two attached hydrogens (primary N) is 1. The van der Waals surface area contributed by atoms with Crippen molar-refractivity contribution in [2.24, 2.45) is 5.73 Å². The largest absolute Gasteiger partial charge is 0.465 e. The Labute approximate surface area is 114 Å². The first-order valence-electron chi connectivity index (χ1n) is 5.91. The van der Waals surface area contributed by atoms with Gasteiger partial charge in [-0.25, -0.2) is 13.6 Å². The zero-order valence-corrected chi connectivity index (χ0v) is 11.6. The monoisotopic (exact) mass is 290 g/mol. The van der Waals surface area contributed by atoms with Gasteiger partial charge in [0, 0.05) is 19.0 Å². The minimum Gasteiger partial charge on any atom is -0.465 e. The highest BCUT2D eigenvalue weighted by Gasteiger charge is 2.41. The second-order valence-electron chi connectivity index (χ2n) is 4.82. The van der Waals surface area contributed by atoms with Crippen LogP contribution in [0.4, 0.5) is 14.5 Å². The summed E-state index contributed by atoms with van der Waals surface area (Å²) in [6.07, 6.45) is -0.342. The number of fused-ring (bicyclic) bond motifs is 1. The fraction of sp³-hybridized carbons (Fsp3) is 0.583. The summed E-state index contributed by atoms with van der Waals surface area (Å²) in [5.74, 6) is -3.29. The molecule has 0 bridgehead atoms. The van der Waals surface area contributed by atoms with Crippen molar-refractivity contribution in [3.05, 3.63) is 15.8 Å². The summed E-state index contributed by atoms with van der Waals surface area (Å²) in [4.78, 5) is 13.5. The molecule has 0 aliphatic carbocycles. The van der Waals surface area contributed by atoms with Gasteiger partial charge in [0.2, 0.25) is 0 Å². The van der Waals surface area contributed by atoms with E-state index in [0.29, 0.717) is 16.1 Å². The fourth-order valence-electron chi connectivity index (χ4n) is 2.29. The number of methoxy groups -OCH3 is 1. The van der Waals surface area contributed by atoms with E-state index >= 15 is 0 Å². The van der Waals surface area contributed by atoms with Crippen molar-refractivity contribution < 1.29 is 18.3 Å². The van der Waals surface area contributed by atoms with Gasteiger partial charge in [0.05, 0.1) is 19.3 Å². The van der Waals surface area contributed by atoms with Crippen LogP contribution in [0, 0.1) is 0 Å². The Kier molecular flexibility index (Phi) is 3.78. The number of hydrogen-bond donors (Lipinski definition) is 1. The molecular formula is C12H16F2N2O2S. The molecule has 2 rings (SSSR count). The zero-order chi connectivity index (χ0) is 14.2. The van der Waals surface area contributed by atoms with Crippen LogP contribution < -0.4 is 10.6 Å². The van der Waals surface area contributed by atoms with Crippen LogP contribution in [0.2, 0.25) is 0 Å². The van der Waals surface area contributed by atoms with Crippen molar-refractivity contribution in [2.45, 2.75) is 25.3 Å². The molecule has 1 aliphatic rings. The molecule has 0 spiro atoms. The second-order valence-corrected chi connectivity index (χ2v) is 5.70.